The van der Waals surface area contributed by atoms with Gasteiger partial charge in [-0.25, -0.2) is 0 Å². The summed E-state index contributed by atoms with van der Waals surface area (Å²) in [6.45, 7) is 4.85. The van der Waals surface area contributed by atoms with Crippen LogP contribution in [0.25, 0.3) is 0 Å². The van der Waals surface area contributed by atoms with Crippen molar-refractivity contribution in [1.29, 1.82) is 5.41 Å². The fraction of sp³-hybridized carbons (Fsp3) is 0.765. The van der Waals surface area contributed by atoms with Gasteiger partial charge in [-0.1, -0.05) is 13.3 Å². The molecule has 6 nitrogen and oxygen atoms in total. The molecule has 0 aromatic carbocycles. The molecule has 136 valence electrons. The van der Waals surface area contributed by atoms with Gasteiger partial charge in [0.2, 0.25) is 17.7 Å². The third kappa shape index (κ3) is 7.47. The first-order valence-electron chi connectivity index (χ1n) is 8.72. The van der Waals surface area contributed by atoms with Gasteiger partial charge in [-0.3, -0.25) is 19.3 Å². The Morgan fingerprint density at radius 1 is 1.29 bits per heavy atom. The molecule has 1 atom stereocenters. The fourth-order valence-corrected chi connectivity index (χ4v) is 3.60. The summed E-state index contributed by atoms with van der Waals surface area (Å²) in [6.07, 6.45) is 4.71. The molecule has 1 rings (SSSR count). The molecular formula is C17H29N3O3S. The third-order valence-electron chi connectivity index (χ3n) is 3.86. The smallest absolute Gasteiger partial charge is 0.242 e. The Labute approximate surface area is 148 Å². The summed E-state index contributed by atoms with van der Waals surface area (Å²) in [6, 6.07) is 0. The van der Waals surface area contributed by atoms with Crippen LogP contribution in [0.15, 0.2) is 0 Å². The van der Waals surface area contributed by atoms with Gasteiger partial charge in [0.15, 0.2) is 0 Å². The van der Waals surface area contributed by atoms with E-state index < -0.39 is 0 Å². The first kappa shape index (κ1) is 20.7. The fourth-order valence-electron chi connectivity index (χ4n) is 2.47. The lowest BCUT2D eigenvalue weighted by molar-refractivity contribution is -0.138. The molecule has 1 fully saturated rings. The molecule has 1 heterocycles. The van der Waals surface area contributed by atoms with Crippen LogP contribution in [-0.4, -0.2) is 52.4 Å². The highest BCUT2D eigenvalue weighted by Gasteiger charge is 2.38. The summed E-state index contributed by atoms with van der Waals surface area (Å²) < 4.78 is 0. The minimum absolute atomic E-state index is 0.0181. The predicted octanol–water partition coefficient (Wildman–Crippen LogP) is 2.36. The van der Waals surface area contributed by atoms with E-state index in [1.807, 2.05) is 0 Å². The highest BCUT2D eigenvalue weighted by Crippen LogP contribution is 2.26. The zero-order valence-corrected chi connectivity index (χ0v) is 15.5. The van der Waals surface area contributed by atoms with Gasteiger partial charge < -0.3 is 10.7 Å². The maximum absolute atomic E-state index is 12.3. The summed E-state index contributed by atoms with van der Waals surface area (Å²) in [5.41, 5.74) is 0.642. The van der Waals surface area contributed by atoms with E-state index in [1.54, 1.807) is 6.92 Å². The number of nitrogens with zero attached hydrogens (tertiary/aromatic N) is 1. The second-order valence-electron chi connectivity index (χ2n) is 6.14. The van der Waals surface area contributed by atoms with Crippen LogP contribution in [0.1, 0.15) is 58.8 Å². The van der Waals surface area contributed by atoms with E-state index in [2.05, 4.69) is 12.2 Å². The first-order valence-corrected chi connectivity index (χ1v) is 9.77. The molecule has 1 aliphatic heterocycles. The number of hydrogen-bond donors (Lipinski definition) is 2. The lowest BCUT2D eigenvalue weighted by atomic mass is 10.2. The zero-order valence-electron chi connectivity index (χ0n) is 14.7. The molecule has 0 bridgehead atoms. The number of nitrogens with one attached hydrogen (secondary N) is 2. The molecule has 0 aromatic rings. The number of carbonyl (C=O) groups excluding carboxylic acids is 3. The van der Waals surface area contributed by atoms with E-state index in [-0.39, 0.29) is 29.4 Å². The van der Waals surface area contributed by atoms with Gasteiger partial charge >= 0.3 is 0 Å². The van der Waals surface area contributed by atoms with Crippen LogP contribution in [0.2, 0.25) is 0 Å². The molecule has 0 aromatic heterocycles. The number of unbranched alkanes of at least 4 members (excludes halogenated alkanes) is 1. The monoisotopic (exact) mass is 355 g/mol. The van der Waals surface area contributed by atoms with Crippen LogP contribution in [0.4, 0.5) is 0 Å². The summed E-state index contributed by atoms with van der Waals surface area (Å²) in [7, 11) is 0. The number of amides is 3. The molecule has 1 aliphatic rings. The average Bonchev–Trinajstić information content (AvgIpc) is 2.79. The van der Waals surface area contributed by atoms with Crippen molar-refractivity contribution in [3.8, 4) is 0 Å². The van der Waals surface area contributed by atoms with Gasteiger partial charge in [-0.2, -0.15) is 0 Å². The Balaban J connectivity index is 2.26. The number of hydrogen-bond acceptors (Lipinski definition) is 5. The van der Waals surface area contributed by atoms with E-state index in [9.17, 15) is 14.4 Å². The van der Waals surface area contributed by atoms with Crippen LogP contribution in [0.3, 0.4) is 0 Å². The SMILES string of the molecule is CCCCNC(=O)CCCN1C(=O)CC(SCCCC(C)=N)C1=O. The Hall–Kier alpha value is -1.37. The van der Waals surface area contributed by atoms with Gasteiger partial charge in [0.25, 0.3) is 0 Å². The number of rotatable bonds is 12. The van der Waals surface area contributed by atoms with E-state index in [1.165, 1.54) is 16.7 Å². The maximum Gasteiger partial charge on any atom is 0.242 e. The number of likely N-dealkylation sites (tertiary alicyclic amines) is 1. The third-order valence-corrected chi connectivity index (χ3v) is 5.15. The molecule has 0 spiro atoms. The molecule has 2 N–H and O–H groups in total. The lowest BCUT2D eigenvalue weighted by Gasteiger charge is -2.14. The van der Waals surface area contributed by atoms with Crippen LogP contribution in [0, 0.1) is 5.41 Å². The summed E-state index contributed by atoms with van der Waals surface area (Å²) in [4.78, 5) is 37.2. The van der Waals surface area contributed by atoms with Crippen LogP contribution >= 0.6 is 11.8 Å². The van der Waals surface area contributed by atoms with Crippen molar-refractivity contribution in [3.05, 3.63) is 0 Å². The van der Waals surface area contributed by atoms with Crippen molar-refractivity contribution < 1.29 is 14.4 Å². The van der Waals surface area contributed by atoms with Gasteiger partial charge in [-0.15, -0.1) is 11.8 Å². The van der Waals surface area contributed by atoms with E-state index in [0.29, 0.717) is 31.6 Å². The quantitative estimate of drug-likeness (QED) is 0.319. The first-order chi connectivity index (χ1) is 11.5. The number of imide groups is 1. The van der Waals surface area contributed by atoms with Crippen molar-refractivity contribution in [2.45, 2.75) is 64.0 Å². The Morgan fingerprint density at radius 3 is 2.71 bits per heavy atom. The van der Waals surface area contributed by atoms with E-state index in [0.717, 1.165) is 31.4 Å². The molecule has 3 amide bonds. The van der Waals surface area contributed by atoms with Crippen molar-refractivity contribution in [3.63, 3.8) is 0 Å². The molecule has 1 unspecified atom stereocenters. The summed E-state index contributed by atoms with van der Waals surface area (Å²) in [5, 5.41) is 9.92. The standard InChI is InChI=1S/C17H29N3O3S/c1-3-4-9-19-15(21)8-5-10-20-16(22)12-14(17(20)23)24-11-6-7-13(2)18/h14,18H,3-12H2,1-2H3,(H,19,21). The molecule has 0 saturated carbocycles. The number of carbonyl (C=O) groups is 3. The summed E-state index contributed by atoms with van der Waals surface area (Å²) in [5.74, 6) is 0.513. The summed E-state index contributed by atoms with van der Waals surface area (Å²) >= 11 is 1.51. The van der Waals surface area contributed by atoms with Gasteiger partial charge in [0, 0.05) is 31.6 Å². The average molecular weight is 356 g/mol. The van der Waals surface area contributed by atoms with Crippen molar-refractivity contribution in [2.75, 3.05) is 18.8 Å². The molecule has 0 radical (unpaired) electrons. The van der Waals surface area contributed by atoms with Crippen LogP contribution < -0.4 is 5.32 Å². The largest absolute Gasteiger partial charge is 0.356 e. The predicted molar refractivity (Wildman–Crippen MR) is 97.4 cm³/mol. The van der Waals surface area contributed by atoms with Crippen molar-refractivity contribution in [1.82, 2.24) is 10.2 Å². The Bertz CT molecular complexity index is 468. The Morgan fingerprint density at radius 2 is 2.04 bits per heavy atom. The second kappa shape index (κ2) is 11.2. The molecular weight excluding hydrogens is 326 g/mol. The normalized spacial score (nSPS) is 17.4. The van der Waals surface area contributed by atoms with Crippen molar-refractivity contribution in [2.24, 2.45) is 0 Å². The molecule has 0 aliphatic carbocycles. The Kier molecular flexibility index (Phi) is 9.67. The maximum atomic E-state index is 12.3. The van der Waals surface area contributed by atoms with Crippen LogP contribution in [0.5, 0.6) is 0 Å². The molecule has 1 saturated heterocycles. The minimum atomic E-state index is -0.290. The van der Waals surface area contributed by atoms with Crippen LogP contribution in [-0.2, 0) is 14.4 Å². The zero-order chi connectivity index (χ0) is 17.9. The van der Waals surface area contributed by atoms with Gasteiger partial charge in [0.05, 0.1) is 5.25 Å². The second-order valence-corrected chi connectivity index (χ2v) is 7.45. The number of thioether (sulfide) groups is 1. The van der Waals surface area contributed by atoms with Gasteiger partial charge in [0.1, 0.15) is 0 Å². The molecule has 7 heteroatoms. The van der Waals surface area contributed by atoms with Crippen molar-refractivity contribution >= 4 is 35.2 Å². The highest BCUT2D eigenvalue weighted by atomic mass is 32.2. The van der Waals surface area contributed by atoms with E-state index >= 15 is 0 Å². The topological polar surface area (TPSA) is 90.3 Å². The highest BCUT2D eigenvalue weighted by molar-refractivity contribution is 8.00. The minimum Gasteiger partial charge on any atom is -0.356 e. The lowest BCUT2D eigenvalue weighted by Crippen LogP contribution is -2.33. The molecule has 24 heavy (non-hydrogen) atoms. The van der Waals surface area contributed by atoms with E-state index in [4.69, 9.17) is 5.41 Å². The van der Waals surface area contributed by atoms with Gasteiger partial charge in [-0.05, 0) is 38.4 Å².